The quantitative estimate of drug-likeness (QED) is 0.869. The van der Waals surface area contributed by atoms with E-state index in [1.165, 1.54) is 0 Å². The van der Waals surface area contributed by atoms with Crippen LogP contribution in [0.25, 0.3) is 0 Å². The van der Waals surface area contributed by atoms with Gasteiger partial charge in [-0.25, -0.2) is 0 Å². The summed E-state index contributed by atoms with van der Waals surface area (Å²) in [6.45, 7) is 1.65. The predicted octanol–water partition coefficient (Wildman–Crippen LogP) is 1.69. The van der Waals surface area contributed by atoms with Crippen molar-refractivity contribution < 1.29 is 14.0 Å². The molecule has 0 unspecified atom stereocenters. The first-order valence-electron chi connectivity index (χ1n) is 5.41. The number of rotatable bonds is 4. The Labute approximate surface area is 98.3 Å². The monoisotopic (exact) mass is 232 g/mol. The fourth-order valence-electron chi connectivity index (χ4n) is 1.78. The molecule has 1 aromatic carbocycles. The van der Waals surface area contributed by atoms with Crippen molar-refractivity contribution in [1.82, 2.24) is 10.5 Å². The fraction of sp³-hybridized carbons (Fsp3) is 0.250. The molecule has 0 bridgehead atoms. The van der Waals surface area contributed by atoms with Crippen LogP contribution < -0.4 is 14.8 Å². The molecule has 2 aromatic rings. The molecule has 0 radical (unpaired) electrons. The maximum atomic E-state index is 5.42. The minimum atomic E-state index is 0.300. The molecule has 0 amide bonds. The van der Waals surface area contributed by atoms with Gasteiger partial charge in [0.1, 0.15) is 5.76 Å². The Morgan fingerprint density at radius 3 is 3.06 bits per heavy atom. The Kier molecular flexibility index (Phi) is 2.67. The number of para-hydroxylation sites is 1. The summed E-state index contributed by atoms with van der Waals surface area (Å²) in [6, 6.07) is 7.71. The van der Waals surface area contributed by atoms with Gasteiger partial charge >= 0.3 is 0 Å². The van der Waals surface area contributed by atoms with Gasteiger partial charge in [0.25, 0.3) is 0 Å². The highest BCUT2D eigenvalue weighted by molar-refractivity contribution is 5.48. The molecule has 2 heterocycles. The molecule has 17 heavy (non-hydrogen) atoms. The first-order chi connectivity index (χ1) is 8.43. The molecule has 0 saturated carbocycles. The Morgan fingerprint density at radius 2 is 2.18 bits per heavy atom. The van der Waals surface area contributed by atoms with Gasteiger partial charge in [0.2, 0.25) is 6.79 Å². The Bertz CT molecular complexity index is 496. The number of hydrogen-bond donors (Lipinski definition) is 1. The zero-order valence-corrected chi connectivity index (χ0v) is 9.18. The molecule has 0 atom stereocenters. The van der Waals surface area contributed by atoms with E-state index in [0.29, 0.717) is 19.9 Å². The lowest BCUT2D eigenvalue weighted by molar-refractivity contribution is 0.173. The lowest BCUT2D eigenvalue weighted by Gasteiger charge is -2.06. The van der Waals surface area contributed by atoms with E-state index in [-0.39, 0.29) is 0 Å². The molecular formula is C12H12N2O3. The maximum absolute atomic E-state index is 5.42. The molecule has 1 aliphatic heterocycles. The molecule has 0 fully saturated rings. The van der Waals surface area contributed by atoms with Gasteiger partial charge in [0.15, 0.2) is 11.5 Å². The first-order valence-corrected chi connectivity index (χ1v) is 5.41. The fourth-order valence-corrected chi connectivity index (χ4v) is 1.78. The number of nitrogens with zero attached hydrogens (tertiary/aromatic N) is 1. The molecule has 1 aliphatic rings. The van der Waals surface area contributed by atoms with Gasteiger partial charge in [-0.1, -0.05) is 17.3 Å². The third kappa shape index (κ3) is 2.09. The highest BCUT2D eigenvalue weighted by Crippen LogP contribution is 2.35. The van der Waals surface area contributed by atoms with Crippen molar-refractivity contribution in [3.63, 3.8) is 0 Å². The molecule has 3 rings (SSSR count). The van der Waals surface area contributed by atoms with Gasteiger partial charge in [-0.05, 0) is 6.07 Å². The van der Waals surface area contributed by atoms with Crippen LogP contribution in [-0.4, -0.2) is 11.9 Å². The summed E-state index contributed by atoms with van der Waals surface area (Å²) >= 11 is 0. The van der Waals surface area contributed by atoms with Gasteiger partial charge in [-0.2, -0.15) is 0 Å². The summed E-state index contributed by atoms with van der Waals surface area (Å²) in [5.41, 5.74) is 1.08. The van der Waals surface area contributed by atoms with Crippen molar-refractivity contribution in [2.24, 2.45) is 0 Å². The number of aromatic nitrogens is 1. The normalized spacial score (nSPS) is 12.9. The molecule has 1 aromatic heterocycles. The van der Waals surface area contributed by atoms with Crippen molar-refractivity contribution in [3.05, 3.63) is 41.8 Å². The molecule has 5 heteroatoms. The number of benzene rings is 1. The second-order valence-electron chi connectivity index (χ2n) is 3.73. The average Bonchev–Trinajstić information content (AvgIpc) is 2.99. The Morgan fingerprint density at radius 1 is 1.18 bits per heavy atom. The van der Waals surface area contributed by atoms with E-state index in [4.69, 9.17) is 14.0 Å². The van der Waals surface area contributed by atoms with Crippen molar-refractivity contribution in [3.8, 4) is 11.5 Å². The van der Waals surface area contributed by atoms with E-state index in [2.05, 4.69) is 10.5 Å². The SMILES string of the molecule is c1cc(CNCc2ccno2)c2c(c1)OCO2. The number of nitrogens with one attached hydrogen (secondary N) is 1. The summed E-state index contributed by atoms with van der Waals surface area (Å²) in [5.74, 6) is 2.45. The van der Waals surface area contributed by atoms with Gasteiger partial charge in [0.05, 0.1) is 12.7 Å². The third-order valence-corrected chi connectivity index (χ3v) is 2.58. The molecule has 0 spiro atoms. The second kappa shape index (κ2) is 4.47. The van der Waals surface area contributed by atoms with E-state index in [0.717, 1.165) is 22.8 Å². The summed E-state index contributed by atoms with van der Waals surface area (Å²) in [5, 5.41) is 6.91. The minimum Gasteiger partial charge on any atom is -0.454 e. The largest absolute Gasteiger partial charge is 0.454 e. The molecule has 0 saturated heterocycles. The maximum Gasteiger partial charge on any atom is 0.231 e. The predicted molar refractivity (Wildman–Crippen MR) is 59.6 cm³/mol. The standard InChI is InChI=1S/C12H12N2O3/c1-2-9(12-11(3-1)15-8-16-12)6-13-7-10-4-5-14-17-10/h1-5,13H,6-8H2. The summed E-state index contributed by atoms with van der Waals surface area (Å²) < 4.78 is 15.7. The zero-order chi connectivity index (χ0) is 11.5. The topological polar surface area (TPSA) is 56.5 Å². The van der Waals surface area contributed by atoms with Crippen LogP contribution in [0.4, 0.5) is 0 Å². The van der Waals surface area contributed by atoms with Gasteiger partial charge < -0.3 is 19.3 Å². The minimum absolute atomic E-state index is 0.300. The second-order valence-corrected chi connectivity index (χ2v) is 3.73. The molecule has 88 valence electrons. The number of fused-ring (bicyclic) bond motifs is 1. The van der Waals surface area contributed by atoms with Crippen LogP contribution in [0.5, 0.6) is 11.5 Å². The zero-order valence-electron chi connectivity index (χ0n) is 9.18. The molecular weight excluding hydrogens is 220 g/mol. The summed E-state index contributed by atoms with van der Waals surface area (Å²) in [4.78, 5) is 0. The van der Waals surface area contributed by atoms with Crippen molar-refractivity contribution in [1.29, 1.82) is 0 Å². The highest BCUT2D eigenvalue weighted by Gasteiger charge is 2.16. The smallest absolute Gasteiger partial charge is 0.231 e. The number of ether oxygens (including phenoxy) is 2. The van der Waals surface area contributed by atoms with Gasteiger partial charge in [0, 0.05) is 18.2 Å². The molecule has 5 nitrogen and oxygen atoms in total. The van der Waals surface area contributed by atoms with Crippen molar-refractivity contribution in [2.45, 2.75) is 13.1 Å². The lowest BCUT2D eigenvalue weighted by atomic mass is 10.2. The highest BCUT2D eigenvalue weighted by atomic mass is 16.7. The van der Waals surface area contributed by atoms with Crippen LogP contribution in [-0.2, 0) is 13.1 Å². The molecule has 1 N–H and O–H groups in total. The van der Waals surface area contributed by atoms with E-state index >= 15 is 0 Å². The summed E-state index contributed by atoms with van der Waals surface area (Å²) in [7, 11) is 0. The van der Waals surface area contributed by atoms with Crippen LogP contribution in [0.1, 0.15) is 11.3 Å². The average molecular weight is 232 g/mol. The van der Waals surface area contributed by atoms with Crippen molar-refractivity contribution in [2.75, 3.05) is 6.79 Å². The first kappa shape index (κ1) is 10.2. The van der Waals surface area contributed by atoms with Gasteiger partial charge in [-0.15, -0.1) is 0 Å². The third-order valence-electron chi connectivity index (χ3n) is 2.58. The Hall–Kier alpha value is -2.01. The van der Waals surface area contributed by atoms with E-state index in [9.17, 15) is 0 Å². The number of hydrogen-bond acceptors (Lipinski definition) is 5. The van der Waals surface area contributed by atoms with Gasteiger partial charge in [-0.3, -0.25) is 0 Å². The van der Waals surface area contributed by atoms with E-state index < -0.39 is 0 Å². The van der Waals surface area contributed by atoms with E-state index in [1.807, 2.05) is 24.3 Å². The van der Waals surface area contributed by atoms with Crippen LogP contribution >= 0.6 is 0 Å². The Balaban J connectivity index is 1.64. The lowest BCUT2D eigenvalue weighted by Crippen LogP contribution is -2.12. The molecule has 0 aliphatic carbocycles. The van der Waals surface area contributed by atoms with Crippen LogP contribution in [0.3, 0.4) is 0 Å². The van der Waals surface area contributed by atoms with Crippen LogP contribution in [0.15, 0.2) is 35.0 Å². The van der Waals surface area contributed by atoms with Crippen LogP contribution in [0, 0.1) is 0 Å². The van der Waals surface area contributed by atoms with Crippen LogP contribution in [0.2, 0.25) is 0 Å². The summed E-state index contributed by atoms with van der Waals surface area (Å²) in [6.07, 6.45) is 1.63. The van der Waals surface area contributed by atoms with Crippen molar-refractivity contribution >= 4 is 0 Å². The van der Waals surface area contributed by atoms with E-state index in [1.54, 1.807) is 6.20 Å².